The maximum Gasteiger partial charge on any atom is 3.00 e. The molecule has 3 aromatic rings. The molecule has 3 heterocycles. The number of rotatable bonds is 16. The number of aliphatic carboxylic acids is 3. The summed E-state index contributed by atoms with van der Waals surface area (Å²) in [4.78, 5) is 30.1. The van der Waals surface area contributed by atoms with Gasteiger partial charge in [-0.25, -0.2) is 0 Å². The smallest absolute Gasteiger partial charge is 0.550 e. The molecule has 43 heavy (non-hydrogen) atoms. The fourth-order valence-electron chi connectivity index (χ4n) is 2.92. The first-order valence-electron chi connectivity index (χ1n) is 13.2. The summed E-state index contributed by atoms with van der Waals surface area (Å²) in [5.74, 6) is -2.87. The molecule has 0 aromatic carbocycles. The van der Waals surface area contributed by atoms with Gasteiger partial charge in [0.25, 0.3) is 0 Å². The predicted molar refractivity (Wildman–Crippen MR) is 163 cm³/mol. The van der Waals surface area contributed by atoms with Crippen LogP contribution in [0.5, 0.6) is 0 Å². The third-order valence-electron chi connectivity index (χ3n) is 5.62. The van der Waals surface area contributed by atoms with Crippen LogP contribution < -0.4 is 15.3 Å². The molecule has 10 nitrogen and oxygen atoms in total. The first-order chi connectivity index (χ1) is 20.1. The minimum Gasteiger partial charge on any atom is -0.550 e. The van der Waals surface area contributed by atoms with Crippen LogP contribution in [-0.2, 0) is 33.6 Å². The molecule has 0 atom stereocenters. The summed E-state index contributed by atoms with van der Waals surface area (Å²) < 4.78 is 0. The van der Waals surface area contributed by atoms with Gasteiger partial charge in [0.1, 0.15) is 0 Å². The van der Waals surface area contributed by atoms with Crippen molar-refractivity contribution in [3.63, 3.8) is 0 Å². The normalized spacial score (nSPS) is 10.0. The Labute approximate surface area is 283 Å². The summed E-state index contributed by atoms with van der Waals surface area (Å²) in [6.45, 7) is -1.62. The van der Waals surface area contributed by atoms with Gasteiger partial charge in [-0.3, -0.25) is 0 Å². The van der Waals surface area contributed by atoms with Crippen molar-refractivity contribution in [3.05, 3.63) is 67.2 Å². The van der Waals surface area contributed by atoms with E-state index >= 15 is 0 Å². The van der Waals surface area contributed by atoms with E-state index in [0.717, 1.165) is 19.3 Å². The molecule has 14 heteroatoms. The maximum atomic E-state index is 10.0. The van der Waals surface area contributed by atoms with Crippen LogP contribution in [0.1, 0.15) is 55.2 Å². The van der Waals surface area contributed by atoms with Gasteiger partial charge in [0.05, 0.1) is 31.8 Å². The molecule has 3 rings (SSSR count). The van der Waals surface area contributed by atoms with Crippen LogP contribution >= 0.6 is 34.0 Å². The number of carboxylic acids is 3. The Bertz CT molecular complexity index is 918. The van der Waals surface area contributed by atoms with Crippen LogP contribution in [-0.4, -0.2) is 91.0 Å². The van der Waals surface area contributed by atoms with Crippen LogP contribution in [0.25, 0.3) is 0 Å². The largest absolute Gasteiger partial charge is 3.00 e. The third-order valence-corrected chi connectivity index (χ3v) is 7.82. The van der Waals surface area contributed by atoms with E-state index in [-0.39, 0.29) is 45.5 Å². The second kappa shape index (κ2) is 27.8. The molecule has 0 amide bonds. The molecule has 0 aliphatic heterocycles. The minimum absolute atomic E-state index is 0. The quantitative estimate of drug-likeness (QED) is 0.143. The third kappa shape index (κ3) is 24.3. The van der Waals surface area contributed by atoms with E-state index in [1.165, 1.54) is 16.7 Å². The van der Waals surface area contributed by atoms with Gasteiger partial charge >= 0.3 is 26.2 Å². The molecule has 0 aliphatic carbocycles. The Morgan fingerprint density at radius 1 is 0.558 bits per heavy atom. The van der Waals surface area contributed by atoms with E-state index in [4.69, 9.17) is 20.4 Å². The van der Waals surface area contributed by atoms with E-state index in [1.807, 2.05) is 50.5 Å². The molecule has 0 saturated heterocycles. The number of hydrogen-bond acceptors (Lipinski definition) is 13. The van der Waals surface area contributed by atoms with Crippen LogP contribution in [0, 0.1) is 5.41 Å². The van der Waals surface area contributed by atoms with Crippen molar-refractivity contribution >= 4 is 78.1 Å². The van der Waals surface area contributed by atoms with Crippen LogP contribution in [0.15, 0.2) is 50.5 Å². The van der Waals surface area contributed by atoms with Crippen molar-refractivity contribution < 1.29 is 50.1 Å². The summed E-state index contributed by atoms with van der Waals surface area (Å²) >= 11 is 4.91. The zero-order valence-corrected chi connectivity index (χ0v) is 29.7. The molecule has 4 N–H and O–H groups in total. The molecule has 0 aliphatic rings. The van der Waals surface area contributed by atoms with Gasteiger partial charge in [0, 0.05) is 17.9 Å². The second-order valence-electron chi connectivity index (χ2n) is 9.20. The molecular formula is C29H39BiO10S3. The van der Waals surface area contributed by atoms with Gasteiger partial charge in [-0.15, -0.1) is 0 Å². The second-order valence-corrected chi connectivity index (χ2v) is 11.5. The zero-order chi connectivity index (χ0) is 31.6. The Morgan fingerprint density at radius 2 is 0.814 bits per heavy atom. The molecule has 3 aromatic heterocycles. The van der Waals surface area contributed by atoms with Crippen LogP contribution in [0.3, 0.4) is 0 Å². The number of thiophene rings is 3. The van der Waals surface area contributed by atoms with Crippen molar-refractivity contribution in [2.24, 2.45) is 5.41 Å². The van der Waals surface area contributed by atoms with E-state index in [2.05, 4.69) is 0 Å². The van der Waals surface area contributed by atoms with E-state index in [1.54, 1.807) is 34.0 Å². The average molecular weight is 853 g/mol. The van der Waals surface area contributed by atoms with Gasteiger partial charge < -0.3 is 50.1 Å². The fraction of sp³-hybridized carbons (Fsp3) is 0.483. The van der Waals surface area contributed by atoms with Crippen molar-refractivity contribution in [2.45, 2.75) is 57.8 Å². The van der Waals surface area contributed by atoms with Gasteiger partial charge in [0.2, 0.25) is 0 Å². The van der Waals surface area contributed by atoms with Gasteiger partial charge in [-0.1, -0.05) is 0 Å². The minimum atomic E-state index is -1.11. The Hall–Kier alpha value is -1.77. The van der Waals surface area contributed by atoms with Gasteiger partial charge in [0.15, 0.2) is 0 Å². The van der Waals surface area contributed by atoms with Crippen LogP contribution in [0.2, 0.25) is 0 Å². The predicted octanol–water partition coefficient (Wildman–Crippen LogP) is 0.0233. The molecule has 0 unspecified atom stereocenters. The molecule has 2 radical (unpaired) electrons. The topological polar surface area (TPSA) is 201 Å². The van der Waals surface area contributed by atoms with Crippen molar-refractivity contribution in [1.82, 2.24) is 0 Å². The molecule has 0 spiro atoms. The monoisotopic (exact) mass is 852 g/mol. The Morgan fingerprint density at radius 3 is 0.953 bits per heavy atom. The summed E-state index contributed by atoms with van der Waals surface area (Å²) in [6.07, 6.45) is 5.06. The molecule has 0 bridgehead atoms. The first kappa shape index (κ1) is 43.4. The standard InChI is InChI=1S/3C8H10O2S.C5H12O4.Bi/c3*9-8(10)3-1-2-7-4-5-11-6-7;6-1-5(2-7,3-8)4-9;/h3*4-6H,1-3H2,(H,9,10);6-9H,1-4H2;/q;;;;+3/p-3. The fourth-order valence-corrected chi connectivity index (χ4v) is 5.02. The Balaban J connectivity index is 0. The van der Waals surface area contributed by atoms with Crippen molar-refractivity contribution in [3.8, 4) is 0 Å². The summed E-state index contributed by atoms with van der Waals surface area (Å²) in [5, 5.41) is 76.1. The number of carbonyl (C=O) groups excluding carboxylic acids is 3. The average Bonchev–Trinajstić information content (AvgIpc) is 3.76. The molecular weight excluding hydrogens is 813 g/mol. The number of carbonyl (C=O) groups is 3. The van der Waals surface area contributed by atoms with E-state index < -0.39 is 49.8 Å². The number of hydrogen-bond donors (Lipinski definition) is 4. The number of aliphatic hydroxyl groups is 4. The SMILES string of the molecule is O=C([O-])CCCc1ccsc1.O=C([O-])CCCc1ccsc1.O=C([O-])CCCc1ccsc1.OCC(CO)(CO)CO.[Bi+3]. The Kier molecular flexibility index (Phi) is 28.0. The molecule has 238 valence electrons. The first-order valence-corrected chi connectivity index (χ1v) is 16.0. The van der Waals surface area contributed by atoms with E-state index in [0.29, 0.717) is 19.3 Å². The van der Waals surface area contributed by atoms with Crippen molar-refractivity contribution in [1.29, 1.82) is 0 Å². The van der Waals surface area contributed by atoms with Crippen LogP contribution in [0.4, 0.5) is 0 Å². The summed E-state index contributed by atoms with van der Waals surface area (Å²) in [6, 6.07) is 6.04. The zero-order valence-electron chi connectivity index (χ0n) is 23.8. The molecule has 0 fully saturated rings. The van der Waals surface area contributed by atoms with E-state index in [9.17, 15) is 29.7 Å². The summed E-state index contributed by atoms with van der Waals surface area (Å²) in [5.41, 5.74) is 2.55. The molecule has 0 saturated carbocycles. The number of aryl methyl sites for hydroxylation is 3. The maximum absolute atomic E-state index is 10.0. The summed E-state index contributed by atoms with van der Waals surface area (Å²) in [7, 11) is 0. The van der Waals surface area contributed by atoms with Gasteiger partial charge in [-0.05, 0) is 125 Å². The van der Waals surface area contributed by atoms with Gasteiger partial charge in [-0.2, -0.15) is 34.0 Å². The van der Waals surface area contributed by atoms with Crippen molar-refractivity contribution in [2.75, 3.05) is 26.4 Å². The number of carboxylic acid groups (broad SMARTS) is 3. The number of aliphatic hydroxyl groups excluding tert-OH is 4.